The van der Waals surface area contributed by atoms with Crippen LogP contribution in [0.5, 0.6) is 5.75 Å². The molecule has 0 aliphatic carbocycles. The number of carbonyl (C=O) groups is 2. The third-order valence-electron chi connectivity index (χ3n) is 5.38. The minimum atomic E-state index is -1.41. The molecule has 0 fully saturated rings. The van der Waals surface area contributed by atoms with Crippen LogP contribution in [0.25, 0.3) is 0 Å². The summed E-state index contributed by atoms with van der Waals surface area (Å²) in [6.07, 6.45) is 7.35. The third kappa shape index (κ3) is 12.7. The van der Waals surface area contributed by atoms with E-state index in [1.54, 1.807) is 31.2 Å². The molecule has 0 amide bonds. The van der Waals surface area contributed by atoms with Crippen molar-refractivity contribution in [3.63, 3.8) is 0 Å². The largest absolute Gasteiger partial charge is 0.493 e. The summed E-state index contributed by atoms with van der Waals surface area (Å²) in [5, 5.41) is 26.5. The number of ether oxygens (including phenoxy) is 1. The average Bonchev–Trinajstić information content (AvgIpc) is 2.83. The van der Waals surface area contributed by atoms with E-state index in [-0.39, 0.29) is 5.56 Å². The summed E-state index contributed by atoms with van der Waals surface area (Å²) in [7, 11) is 2.09. The van der Waals surface area contributed by atoms with Crippen molar-refractivity contribution >= 4 is 27.9 Å². The normalized spacial score (nSPS) is 12.5. The fourth-order valence-electron chi connectivity index (χ4n) is 3.39. The standard InChI is InChI=1S/C24H31BrFNO2.C4H4O4/c1-4-15-27(3)16-7-5-6-8-17-29-21-13-14-22(23(26)18-21)24(2,28)19-9-11-20(25)12-10-19;5-3(6)1-2-4(7)8/h4,9-14,18,28H,1,5-8,15-17H2,2-3H3;1-2H,(H,5,6)(H,7,8)/b;2-1+. The molecule has 9 heteroatoms. The number of hydrogen-bond donors (Lipinski definition) is 3. The van der Waals surface area contributed by atoms with Crippen molar-refractivity contribution in [2.45, 2.75) is 38.2 Å². The van der Waals surface area contributed by atoms with Crippen molar-refractivity contribution in [3.05, 3.63) is 88.7 Å². The highest BCUT2D eigenvalue weighted by molar-refractivity contribution is 9.10. The van der Waals surface area contributed by atoms with Gasteiger partial charge >= 0.3 is 11.9 Å². The minimum Gasteiger partial charge on any atom is -0.493 e. The van der Waals surface area contributed by atoms with Crippen LogP contribution in [-0.2, 0) is 15.2 Å². The lowest BCUT2D eigenvalue weighted by atomic mass is 9.88. The number of rotatable bonds is 14. The maximum absolute atomic E-state index is 14.7. The van der Waals surface area contributed by atoms with E-state index in [0.29, 0.717) is 30.1 Å². The van der Waals surface area contributed by atoms with Gasteiger partial charge in [-0.05, 0) is 63.2 Å². The molecule has 2 aromatic carbocycles. The van der Waals surface area contributed by atoms with E-state index in [1.165, 1.54) is 6.07 Å². The van der Waals surface area contributed by atoms with Crippen molar-refractivity contribution in [1.82, 2.24) is 4.90 Å². The molecule has 0 saturated heterocycles. The lowest BCUT2D eigenvalue weighted by Crippen LogP contribution is -2.24. The Hall–Kier alpha value is -3.01. The molecule has 0 radical (unpaired) electrons. The summed E-state index contributed by atoms with van der Waals surface area (Å²) >= 11 is 3.37. The van der Waals surface area contributed by atoms with E-state index >= 15 is 0 Å². The Morgan fingerprint density at radius 2 is 1.65 bits per heavy atom. The maximum atomic E-state index is 14.7. The third-order valence-corrected chi connectivity index (χ3v) is 5.91. The van der Waals surface area contributed by atoms with Crippen LogP contribution in [0.2, 0.25) is 0 Å². The fraction of sp³-hybridized carbons (Fsp3) is 0.357. The predicted molar refractivity (Wildman–Crippen MR) is 145 cm³/mol. The van der Waals surface area contributed by atoms with Crippen LogP contribution >= 0.6 is 15.9 Å². The predicted octanol–water partition coefficient (Wildman–Crippen LogP) is 5.61. The Morgan fingerprint density at radius 3 is 2.19 bits per heavy atom. The van der Waals surface area contributed by atoms with Crippen LogP contribution in [0.3, 0.4) is 0 Å². The van der Waals surface area contributed by atoms with E-state index in [0.717, 1.165) is 43.2 Å². The average molecular weight is 580 g/mol. The number of benzene rings is 2. The second kappa shape index (κ2) is 16.7. The van der Waals surface area contributed by atoms with E-state index in [2.05, 4.69) is 34.5 Å². The highest BCUT2D eigenvalue weighted by Gasteiger charge is 2.29. The van der Waals surface area contributed by atoms with Crippen LogP contribution in [0.1, 0.15) is 43.7 Å². The van der Waals surface area contributed by atoms with Crippen LogP contribution in [0.4, 0.5) is 4.39 Å². The van der Waals surface area contributed by atoms with Gasteiger partial charge in [0, 0.05) is 34.8 Å². The summed E-state index contributed by atoms with van der Waals surface area (Å²) in [6.45, 7) is 7.88. The van der Waals surface area contributed by atoms with E-state index in [4.69, 9.17) is 14.9 Å². The first kappa shape index (κ1) is 32.0. The Bertz CT molecular complexity index is 1020. The Morgan fingerprint density at radius 1 is 1.05 bits per heavy atom. The number of aliphatic carboxylic acids is 2. The highest BCUT2D eigenvalue weighted by Crippen LogP contribution is 2.33. The summed E-state index contributed by atoms with van der Waals surface area (Å²) in [5.74, 6) is -2.50. The SMILES string of the molecule is C=CCN(C)CCCCCCOc1ccc(C(C)(O)c2ccc(Br)cc2)c(F)c1.O=C(O)/C=C/C(=O)O. The molecule has 0 aromatic heterocycles. The van der Waals surface area contributed by atoms with Crippen LogP contribution < -0.4 is 4.74 Å². The van der Waals surface area contributed by atoms with Crippen molar-refractivity contribution in [2.24, 2.45) is 0 Å². The molecule has 1 unspecified atom stereocenters. The van der Waals surface area contributed by atoms with Crippen molar-refractivity contribution in [2.75, 3.05) is 26.7 Å². The second-order valence-electron chi connectivity index (χ2n) is 8.54. The maximum Gasteiger partial charge on any atom is 0.328 e. The molecule has 3 N–H and O–H groups in total. The lowest BCUT2D eigenvalue weighted by molar-refractivity contribution is -0.134. The van der Waals surface area contributed by atoms with Gasteiger partial charge in [0.15, 0.2) is 0 Å². The topological polar surface area (TPSA) is 107 Å². The van der Waals surface area contributed by atoms with Gasteiger partial charge in [0.2, 0.25) is 0 Å². The van der Waals surface area contributed by atoms with Gasteiger partial charge in [0.05, 0.1) is 6.61 Å². The molecule has 37 heavy (non-hydrogen) atoms. The molecule has 1 atom stereocenters. The zero-order valence-corrected chi connectivity index (χ0v) is 22.8. The number of carboxylic acids is 2. The van der Waals surface area contributed by atoms with Gasteiger partial charge < -0.3 is 25.0 Å². The molecule has 0 aliphatic rings. The molecule has 0 bridgehead atoms. The number of aliphatic hydroxyl groups is 1. The molecular formula is C28H35BrFNO6. The molecule has 202 valence electrons. The van der Waals surface area contributed by atoms with Gasteiger partial charge in [-0.2, -0.15) is 0 Å². The minimum absolute atomic E-state index is 0.232. The van der Waals surface area contributed by atoms with E-state index < -0.39 is 23.4 Å². The number of halogens is 2. The van der Waals surface area contributed by atoms with Gasteiger partial charge in [-0.15, -0.1) is 6.58 Å². The fourth-order valence-corrected chi connectivity index (χ4v) is 3.66. The Balaban J connectivity index is 0.000000738. The molecule has 2 rings (SSSR count). The number of carboxylic acid groups (broad SMARTS) is 2. The van der Waals surface area contributed by atoms with Gasteiger partial charge in [-0.3, -0.25) is 0 Å². The van der Waals surface area contributed by atoms with Gasteiger partial charge in [-0.25, -0.2) is 14.0 Å². The molecule has 0 heterocycles. The second-order valence-corrected chi connectivity index (χ2v) is 9.46. The number of unbranched alkanes of at least 4 members (excludes halogenated alkanes) is 3. The van der Waals surface area contributed by atoms with Crippen molar-refractivity contribution in [3.8, 4) is 5.75 Å². The smallest absolute Gasteiger partial charge is 0.328 e. The summed E-state index contributed by atoms with van der Waals surface area (Å²) in [4.78, 5) is 21.4. The zero-order valence-electron chi connectivity index (χ0n) is 21.2. The lowest BCUT2D eigenvalue weighted by Gasteiger charge is -2.25. The first-order chi connectivity index (χ1) is 17.5. The van der Waals surface area contributed by atoms with Crippen LogP contribution in [-0.4, -0.2) is 58.9 Å². The van der Waals surface area contributed by atoms with Gasteiger partial charge in [0.1, 0.15) is 17.2 Å². The summed E-state index contributed by atoms with van der Waals surface area (Å²) < 4.78 is 21.3. The monoisotopic (exact) mass is 579 g/mol. The summed E-state index contributed by atoms with van der Waals surface area (Å²) in [5.41, 5.74) is -0.551. The van der Waals surface area contributed by atoms with Crippen molar-refractivity contribution < 1.29 is 34.0 Å². The first-order valence-corrected chi connectivity index (χ1v) is 12.6. The number of nitrogens with zero attached hydrogens (tertiary/aromatic N) is 1. The van der Waals surface area contributed by atoms with Gasteiger partial charge in [0.25, 0.3) is 0 Å². The van der Waals surface area contributed by atoms with Crippen molar-refractivity contribution in [1.29, 1.82) is 0 Å². The van der Waals surface area contributed by atoms with E-state index in [1.807, 2.05) is 18.2 Å². The summed E-state index contributed by atoms with van der Waals surface area (Å²) in [6, 6.07) is 11.9. The van der Waals surface area contributed by atoms with Crippen LogP contribution in [0.15, 0.2) is 71.7 Å². The Labute approximate surface area is 226 Å². The Kier molecular flexibility index (Phi) is 14.4. The van der Waals surface area contributed by atoms with Gasteiger partial charge in [-0.1, -0.05) is 47.0 Å². The molecule has 0 saturated carbocycles. The van der Waals surface area contributed by atoms with E-state index in [9.17, 15) is 19.1 Å². The highest BCUT2D eigenvalue weighted by atomic mass is 79.9. The molecule has 0 spiro atoms. The molecule has 2 aromatic rings. The van der Waals surface area contributed by atoms with Crippen LogP contribution in [0, 0.1) is 5.82 Å². The number of hydrogen-bond acceptors (Lipinski definition) is 5. The quantitative estimate of drug-likeness (QED) is 0.151. The zero-order chi connectivity index (χ0) is 27.8. The molecule has 0 aliphatic heterocycles. The first-order valence-electron chi connectivity index (χ1n) is 11.8. The molecular weight excluding hydrogens is 545 g/mol. The molecule has 7 nitrogen and oxygen atoms in total. The number of likely N-dealkylation sites (N-methyl/N-ethyl adjacent to an activating group) is 1.